The van der Waals surface area contributed by atoms with Gasteiger partial charge in [0.15, 0.2) is 5.57 Å². The van der Waals surface area contributed by atoms with E-state index in [1.54, 1.807) is 6.07 Å². The number of carbonyl (C=O) groups excluding carboxylic acids is 1. The van der Waals surface area contributed by atoms with E-state index in [-0.39, 0.29) is 5.57 Å². The Morgan fingerprint density at radius 2 is 2.35 bits per heavy atom. The second-order valence-electron chi connectivity index (χ2n) is 4.12. The minimum atomic E-state index is -0.607. The van der Waals surface area contributed by atoms with E-state index in [2.05, 4.69) is 4.74 Å². The van der Waals surface area contributed by atoms with Crippen LogP contribution >= 0.6 is 23.4 Å². The normalized spacial score (nSPS) is 17.4. The highest BCUT2D eigenvalue weighted by Gasteiger charge is 2.25. The molecule has 1 heterocycles. The van der Waals surface area contributed by atoms with Gasteiger partial charge in [-0.15, -0.1) is 11.8 Å². The lowest BCUT2D eigenvalue weighted by Gasteiger charge is -2.31. The zero-order chi connectivity index (χ0) is 14.5. The number of anilines is 1. The number of ether oxygens (including phenoxy) is 1. The standard InChI is InChI=1S/C14H13ClN2O2S/c1-19-14(18)12(9-16)13-17(6-3-7-20-13)11-5-2-4-10(15)8-11/h2,4-5,8H,3,6-7H2,1H3. The number of esters is 1. The van der Waals surface area contributed by atoms with E-state index in [1.165, 1.54) is 18.9 Å². The predicted molar refractivity (Wildman–Crippen MR) is 80.5 cm³/mol. The second kappa shape index (κ2) is 6.69. The fraction of sp³-hybridized carbons (Fsp3) is 0.286. The van der Waals surface area contributed by atoms with Crippen LogP contribution in [0, 0.1) is 11.3 Å². The molecule has 0 unspecified atom stereocenters. The Hall–Kier alpha value is -1.64. The number of methoxy groups -OCH3 is 1. The van der Waals surface area contributed by atoms with E-state index < -0.39 is 5.97 Å². The lowest BCUT2D eigenvalue weighted by molar-refractivity contribution is -0.135. The summed E-state index contributed by atoms with van der Waals surface area (Å²) in [7, 11) is 1.28. The molecule has 1 aromatic carbocycles. The summed E-state index contributed by atoms with van der Waals surface area (Å²) in [5.74, 6) is 0.262. The minimum Gasteiger partial charge on any atom is -0.465 e. The summed E-state index contributed by atoms with van der Waals surface area (Å²) in [4.78, 5) is 13.7. The van der Waals surface area contributed by atoms with Gasteiger partial charge in [-0.05, 0) is 24.6 Å². The number of benzene rings is 1. The van der Waals surface area contributed by atoms with Gasteiger partial charge in [0.1, 0.15) is 11.1 Å². The first-order chi connectivity index (χ1) is 9.67. The zero-order valence-corrected chi connectivity index (χ0v) is 12.5. The highest BCUT2D eigenvalue weighted by Crippen LogP contribution is 2.35. The molecule has 2 rings (SSSR count). The van der Waals surface area contributed by atoms with Crippen LogP contribution in [0.1, 0.15) is 6.42 Å². The molecule has 0 aromatic heterocycles. The predicted octanol–water partition coefficient (Wildman–Crippen LogP) is 3.19. The fourth-order valence-corrected chi connectivity index (χ4v) is 3.23. The summed E-state index contributed by atoms with van der Waals surface area (Å²) < 4.78 is 4.68. The number of rotatable bonds is 2. The Morgan fingerprint density at radius 1 is 1.55 bits per heavy atom. The maximum absolute atomic E-state index is 11.7. The lowest BCUT2D eigenvalue weighted by atomic mass is 10.2. The van der Waals surface area contributed by atoms with Crippen LogP contribution in [0.3, 0.4) is 0 Å². The van der Waals surface area contributed by atoms with Crippen molar-refractivity contribution in [2.45, 2.75) is 6.42 Å². The molecule has 6 heteroatoms. The average Bonchev–Trinajstić information content (AvgIpc) is 2.48. The third-order valence-corrected chi connectivity index (χ3v) is 4.27. The SMILES string of the molecule is COC(=O)C(C#N)=C1SCCCN1c1cccc(Cl)c1. The number of hydrogen-bond donors (Lipinski definition) is 0. The number of thioether (sulfide) groups is 1. The van der Waals surface area contributed by atoms with Gasteiger partial charge < -0.3 is 9.64 Å². The molecular weight excluding hydrogens is 296 g/mol. The number of nitrogens with zero attached hydrogens (tertiary/aromatic N) is 2. The van der Waals surface area contributed by atoms with Crippen molar-refractivity contribution < 1.29 is 9.53 Å². The molecule has 0 amide bonds. The van der Waals surface area contributed by atoms with Crippen LogP contribution in [0.25, 0.3) is 0 Å². The smallest absolute Gasteiger partial charge is 0.351 e. The number of halogens is 1. The molecule has 1 aliphatic rings. The van der Waals surface area contributed by atoms with Crippen molar-refractivity contribution in [1.29, 1.82) is 5.26 Å². The van der Waals surface area contributed by atoms with Crippen molar-refractivity contribution in [2.24, 2.45) is 0 Å². The third kappa shape index (κ3) is 3.09. The molecule has 1 aromatic rings. The third-order valence-electron chi connectivity index (χ3n) is 2.85. The van der Waals surface area contributed by atoms with Crippen molar-refractivity contribution in [1.82, 2.24) is 0 Å². The summed E-state index contributed by atoms with van der Waals surface area (Å²) in [6.45, 7) is 0.741. The van der Waals surface area contributed by atoms with Crippen molar-refractivity contribution in [3.8, 4) is 6.07 Å². The van der Waals surface area contributed by atoms with E-state index in [0.29, 0.717) is 10.1 Å². The first-order valence-corrected chi connectivity index (χ1v) is 7.42. The minimum absolute atomic E-state index is 0.0391. The van der Waals surface area contributed by atoms with E-state index in [4.69, 9.17) is 11.6 Å². The summed E-state index contributed by atoms with van der Waals surface area (Å²) in [6, 6.07) is 9.31. The van der Waals surface area contributed by atoms with E-state index in [0.717, 1.165) is 24.4 Å². The molecule has 20 heavy (non-hydrogen) atoms. The number of nitriles is 1. The zero-order valence-electron chi connectivity index (χ0n) is 10.9. The summed E-state index contributed by atoms with van der Waals surface area (Å²) in [5.41, 5.74) is 0.911. The van der Waals surface area contributed by atoms with Crippen LogP contribution in [-0.4, -0.2) is 25.4 Å². The summed E-state index contributed by atoms with van der Waals surface area (Å²) in [6.07, 6.45) is 0.973. The second-order valence-corrected chi connectivity index (χ2v) is 5.64. The molecule has 1 saturated heterocycles. The van der Waals surface area contributed by atoms with Crippen molar-refractivity contribution in [3.05, 3.63) is 39.9 Å². The monoisotopic (exact) mass is 308 g/mol. The van der Waals surface area contributed by atoms with Gasteiger partial charge in [0.2, 0.25) is 0 Å². The molecule has 0 bridgehead atoms. The fourth-order valence-electron chi connectivity index (χ4n) is 1.95. The molecule has 0 atom stereocenters. The van der Waals surface area contributed by atoms with Crippen molar-refractivity contribution in [2.75, 3.05) is 24.3 Å². The van der Waals surface area contributed by atoms with E-state index in [1.807, 2.05) is 29.2 Å². The maximum Gasteiger partial charge on any atom is 0.351 e. The van der Waals surface area contributed by atoms with Crippen LogP contribution < -0.4 is 4.90 Å². The molecule has 0 spiro atoms. The van der Waals surface area contributed by atoms with E-state index >= 15 is 0 Å². The topological polar surface area (TPSA) is 53.3 Å². The van der Waals surface area contributed by atoms with Crippen molar-refractivity contribution >= 4 is 35.0 Å². The van der Waals surface area contributed by atoms with Crippen LogP contribution in [0.15, 0.2) is 34.9 Å². The van der Waals surface area contributed by atoms with Crippen LogP contribution in [0.2, 0.25) is 5.02 Å². The van der Waals surface area contributed by atoms with Gasteiger partial charge in [0.25, 0.3) is 0 Å². The number of carbonyl (C=O) groups is 1. The molecule has 1 aliphatic heterocycles. The molecule has 104 valence electrons. The van der Waals surface area contributed by atoms with Crippen LogP contribution in [0.5, 0.6) is 0 Å². The van der Waals surface area contributed by atoms with Gasteiger partial charge in [-0.3, -0.25) is 0 Å². The Bertz CT molecular complexity index is 595. The number of hydrogen-bond acceptors (Lipinski definition) is 5. The molecule has 0 radical (unpaired) electrons. The molecular formula is C14H13ClN2O2S. The summed E-state index contributed by atoms with van der Waals surface area (Å²) >= 11 is 7.50. The Kier molecular flexibility index (Phi) is 4.94. The Labute approximate surface area is 127 Å². The van der Waals surface area contributed by atoms with Crippen LogP contribution in [-0.2, 0) is 9.53 Å². The molecule has 4 nitrogen and oxygen atoms in total. The van der Waals surface area contributed by atoms with Gasteiger partial charge in [-0.1, -0.05) is 17.7 Å². The van der Waals surface area contributed by atoms with Crippen LogP contribution in [0.4, 0.5) is 5.69 Å². The van der Waals surface area contributed by atoms with E-state index in [9.17, 15) is 10.1 Å². The Balaban J connectivity index is 2.47. The van der Waals surface area contributed by atoms with Gasteiger partial charge in [0, 0.05) is 23.0 Å². The maximum atomic E-state index is 11.7. The average molecular weight is 309 g/mol. The van der Waals surface area contributed by atoms with Gasteiger partial charge >= 0.3 is 5.97 Å². The quantitative estimate of drug-likeness (QED) is 0.477. The highest BCUT2D eigenvalue weighted by molar-refractivity contribution is 8.03. The molecule has 0 N–H and O–H groups in total. The molecule has 0 saturated carbocycles. The van der Waals surface area contributed by atoms with Gasteiger partial charge in [0.05, 0.1) is 7.11 Å². The first kappa shape index (κ1) is 14.8. The van der Waals surface area contributed by atoms with Gasteiger partial charge in [-0.25, -0.2) is 4.79 Å². The Morgan fingerprint density at radius 3 is 3.00 bits per heavy atom. The molecule has 1 fully saturated rings. The summed E-state index contributed by atoms with van der Waals surface area (Å²) in [5, 5.41) is 10.5. The highest BCUT2D eigenvalue weighted by atomic mass is 35.5. The van der Waals surface area contributed by atoms with Gasteiger partial charge in [-0.2, -0.15) is 5.26 Å². The first-order valence-electron chi connectivity index (χ1n) is 6.06. The lowest BCUT2D eigenvalue weighted by Crippen LogP contribution is -2.29. The molecule has 0 aliphatic carbocycles. The largest absolute Gasteiger partial charge is 0.465 e. The van der Waals surface area contributed by atoms with Crippen molar-refractivity contribution in [3.63, 3.8) is 0 Å².